The average molecular weight is 402 g/mol. The maximum Gasteiger partial charge on any atom is 0.191 e. The third-order valence-corrected chi connectivity index (χ3v) is 6.01. The summed E-state index contributed by atoms with van der Waals surface area (Å²) in [5.41, 5.74) is 1.45. The van der Waals surface area contributed by atoms with E-state index < -0.39 is 0 Å². The fourth-order valence-electron chi connectivity index (χ4n) is 4.13. The minimum Gasteiger partial charge on any atom is -0.379 e. The SMILES string of the molecule is CCNC(=NCC(C)(C)N1CCOCC1)NC1CCN(Cc2ccccc2)CC1. The standard InChI is InChI=1S/C23H39N5O/c1-4-24-22(25-19-23(2,3)28-14-16-29-17-15-28)26-21-10-12-27(13-11-21)18-20-8-6-5-7-9-20/h5-9,21H,4,10-19H2,1-3H3,(H2,24,25,26). The summed E-state index contributed by atoms with van der Waals surface area (Å²) < 4.78 is 5.50. The van der Waals surface area contributed by atoms with Crippen LogP contribution in [0.15, 0.2) is 35.3 Å². The lowest BCUT2D eigenvalue weighted by Crippen LogP contribution is -2.53. The Labute approximate surface area is 176 Å². The number of hydrogen-bond acceptors (Lipinski definition) is 4. The van der Waals surface area contributed by atoms with E-state index in [9.17, 15) is 0 Å². The molecule has 0 aromatic heterocycles. The molecular weight excluding hydrogens is 362 g/mol. The Morgan fingerprint density at radius 3 is 2.45 bits per heavy atom. The molecule has 0 spiro atoms. The lowest BCUT2D eigenvalue weighted by molar-refractivity contribution is -0.00684. The van der Waals surface area contributed by atoms with Gasteiger partial charge in [0.2, 0.25) is 0 Å². The Bertz CT molecular complexity index is 619. The Morgan fingerprint density at radius 2 is 1.79 bits per heavy atom. The molecule has 162 valence electrons. The van der Waals surface area contributed by atoms with E-state index in [1.807, 2.05) is 0 Å². The molecule has 1 aromatic carbocycles. The van der Waals surface area contributed by atoms with Gasteiger partial charge in [-0.05, 0) is 39.2 Å². The zero-order chi connectivity index (χ0) is 20.5. The predicted octanol–water partition coefficient (Wildman–Crippen LogP) is 2.32. The van der Waals surface area contributed by atoms with Crippen molar-refractivity contribution in [3.8, 4) is 0 Å². The highest BCUT2D eigenvalue weighted by Gasteiger charge is 2.28. The van der Waals surface area contributed by atoms with E-state index in [-0.39, 0.29) is 5.54 Å². The van der Waals surface area contributed by atoms with E-state index in [4.69, 9.17) is 9.73 Å². The number of morpholine rings is 1. The van der Waals surface area contributed by atoms with Gasteiger partial charge in [-0.15, -0.1) is 0 Å². The van der Waals surface area contributed by atoms with Gasteiger partial charge in [0.05, 0.1) is 19.8 Å². The molecule has 0 atom stereocenters. The number of likely N-dealkylation sites (tertiary alicyclic amines) is 1. The summed E-state index contributed by atoms with van der Waals surface area (Å²) in [6.45, 7) is 15.3. The van der Waals surface area contributed by atoms with Gasteiger partial charge in [0.25, 0.3) is 0 Å². The van der Waals surface area contributed by atoms with E-state index >= 15 is 0 Å². The summed E-state index contributed by atoms with van der Waals surface area (Å²) in [6.07, 6.45) is 2.31. The van der Waals surface area contributed by atoms with Crippen molar-refractivity contribution >= 4 is 5.96 Å². The van der Waals surface area contributed by atoms with Gasteiger partial charge < -0.3 is 15.4 Å². The van der Waals surface area contributed by atoms with Gasteiger partial charge in [-0.2, -0.15) is 0 Å². The van der Waals surface area contributed by atoms with Gasteiger partial charge in [-0.25, -0.2) is 0 Å². The number of nitrogens with one attached hydrogen (secondary N) is 2. The maximum atomic E-state index is 5.50. The monoisotopic (exact) mass is 401 g/mol. The maximum absolute atomic E-state index is 5.50. The van der Waals surface area contributed by atoms with E-state index in [0.29, 0.717) is 6.04 Å². The van der Waals surface area contributed by atoms with Gasteiger partial charge in [-0.3, -0.25) is 14.8 Å². The first kappa shape index (κ1) is 22.1. The molecule has 29 heavy (non-hydrogen) atoms. The van der Waals surface area contributed by atoms with Crippen molar-refractivity contribution in [3.05, 3.63) is 35.9 Å². The molecule has 0 radical (unpaired) electrons. The molecule has 1 aromatic rings. The lowest BCUT2D eigenvalue weighted by Gasteiger charge is -2.40. The minimum atomic E-state index is 0.0468. The van der Waals surface area contributed by atoms with E-state index in [0.717, 1.165) is 77.8 Å². The molecule has 0 amide bonds. The van der Waals surface area contributed by atoms with Crippen LogP contribution in [0.2, 0.25) is 0 Å². The number of nitrogens with zero attached hydrogens (tertiary/aromatic N) is 3. The quantitative estimate of drug-likeness (QED) is 0.542. The van der Waals surface area contributed by atoms with Crippen molar-refractivity contribution in [3.63, 3.8) is 0 Å². The molecule has 6 heteroatoms. The third kappa shape index (κ3) is 6.98. The number of benzene rings is 1. The summed E-state index contributed by atoms with van der Waals surface area (Å²) in [5, 5.41) is 7.12. The summed E-state index contributed by atoms with van der Waals surface area (Å²) in [5.74, 6) is 0.954. The van der Waals surface area contributed by atoms with E-state index in [1.54, 1.807) is 0 Å². The smallest absolute Gasteiger partial charge is 0.191 e. The van der Waals surface area contributed by atoms with Gasteiger partial charge in [0.15, 0.2) is 5.96 Å². The fraction of sp³-hybridized carbons (Fsp3) is 0.696. The first-order chi connectivity index (χ1) is 14.1. The second-order valence-electron chi connectivity index (χ2n) is 8.79. The molecule has 0 bridgehead atoms. The van der Waals surface area contributed by atoms with Crippen LogP contribution in [-0.4, -0.2) is 79.8 Å². The predicted molar refractivity (Wildman–Crippen MR) is 120 cm³/mol. The van der Waals surface area contributed by atoms with Crippen molar-refractivity contribution in [2.45, 2.75) is 51.7 Å². The summed E-state index contributed by atoms with van der Waals surface area (Å²) in [7, 11) is 0. The lowest BCUT2D eigenvalue weighted by atomic mass is 10.0. The van der Waals surface area contributed by atoms with Crippen LogP contribution >= 0.6 is 0 Å². The van der Waals surface area contributed by atoms with E-state index in [2.05, 4.69) is 71.5 Å². The van der Waals surface area contributed by atoms with Gasteiger partial charge in [0.1, 0.15) is 0 Å². The molecule has 2 saturated heterocycles. The number of hydrogen-bond donors (Lipinski definition) is 2. The number of piperidine rings is 1. The summed E-state index contributed by atoms with van der Waals surface area (Å²) in [6, 6.07) is 11.3. The second kappa shape index (κ2) is 11.0. The van der Waals surface area contributed by atoms with Crippen molar-refractivity contribution in [2.75, 3.05) is 52.5 Å². The Morgan fingerprint density at radius 1 is 1.10 bits per heavy atom. The first-order valence-electron chi connectivity index (χ1n) is 11.2. The van der Waals surface area contributed by atoms with Crippen LogP contribution in [0.4, 0.5) is 0 Å². The molecule has 0 saturated carbocycles. The van der Waals surface area contributed by atoms with Crippen molar-refractivity contribution in [1.29, 1.82) is 0 Å². The first-order valence-corrected chi connectivity index (χ1v) is 11.2. The number of ether oxygens (including phenoxy) is 1. The van der Waals surface area contributed by atoms with Crippen LogP contribution in [0.1, 0.15) is 39.2 Å². The Kier molecular flexibility index (Phi) is 8.33. The molecular formula is C23H39N5O. The zero-order valence-electron chi connectivity index (χ0n) is 18.5. The third-order valence-electron chi connectivity index (χ3n) is 6.01. The number of rotatable bonds is 7. The highest BCUT2D eigenvalue weighted by Crippen LogP contribution is 2.17. The molecule has 2 N–H and O–H groups in total. The van der Waals surface area contributed by atoms with Crippen molar-refractivity contribution in [1.82, 2.24) is 20.4 Å². The van der Waals surface area contributed by atoms with Crippen LogP contribution in [0.3, 0.4) is 0 Å². The van der Waals surface area contributed by atoms with Crippen LogP contribution in [0.25, 0.3) is 0 Å². The largest absolute Gasteiger partial charge is 0.379 e. The number of guanidine groups is 1. The average Bonchev–Trinajstić information content (AvgIpc) is 2.75. The van der Waals surface area contributed by atoms with Crippen LogP contribution in [-0.2, 0) is 11.3 Å². The molecule has 2 heterocycles. The molecule has 2 fully saturated rings. The van der Waals surface area contributed by atoms with Gasteiger partial charge in [0, 0.05) is 50.8 Å². The normalized spacial score (nSPS) is 20.6. The molecule has 6 nitrogen and oxygen atoms in total. The van der Waals surface area contributed by atoms with Gasteiger partial charge in [-0.1, -0.05) is 30.3 Å². The van der Waals surface area contributed by atoms with Crippen molar-refractivity contribution < 1.29 is 4.74 Å². The number of aliphatic imine (C=N–C) groups is 1. The van der Waals surface area contributed by atoms with Gasteiger partial charge >= 0.3 is 0 Å². The molecule has 2 aliphatic rings. The van der Waals surface area contributed by atoms with Crippen LogP contribution < -0.4 is 10.6 Å². The van der Waals surface area contributed by atoms with Crippen LogP contribution in [0, 0.1) is 0 Å². The highest BCUT2D eigenvalue weighted by molar-refractivity contribution is 5.80. The highest BCUT2D eigenvalue weighted by atomic mass is 16.5. The van der Waals surface area contributed by atoms with E-state index in [1.165, 1.54) is 5.56 Å². The summed E-state index contributed by atoms with van der Waals surface area (Å²) >= 11 is 0. The fourth-order valence-corrected chi connectivity index (χ4v) is 4.13. The molecule has 2 aliphatic heterocycles. The summed E-state index contributed by atoms with van der Waals surface area (Å²) in [4.78, 5) is 9.99. The zero-order valence-corrected chi connectivity index (χ0v) is 18.5. The molecule has 0 aliphatic carbocycles. The minimum absolute atomic E-state index is 0.0468. The Hall–Kier alpha value is -1.63. The second-order valence-corrected chi connectivity index (χ2v) is 8.79. The topological polar surface area (TPSA) is 52.1 Å². The molecule has 0 unspecified atom stereocenters. The Balaban J connectivity index is 1.48. The van der Waals surface area contributed by atoms with Crippen LogP contribution in [0.5, 0.6) is 0 Å². The molecule has 3 rings (SSSR count). The van der Waals surface area contributed by atoms with Crippen molar-refractivity contribution in [2.24, 2.45) is 4.99 Å².